The van der Waals surface area contributed by atoms with E-state index in [2.05, 4.69) is 10.2 Å². The fraction of sp³-hybridized carbons (Fsp3) is 0.500. The number of anilines is 1. The summed E-state index contributed by atoms with van der Waals surface area (Å²) in [4.78, 5) is 31.8. The van der Waals surface area contributed by atoms with Gasteiger partial charge < -0.3 is 26.0 Å². The van der Waals surface area contributed by atoms with Crippen molar-refractivity contribution in [3.8, 4) is 0 Å². The molecule has 8 nitrogen and oxygen atoms in total. The van der Waals surface area contributed by atoms with Crippen molar-refractivity contribution in [1.29, 1.82) is 0 Å². The average molecular weight is 561 g/mol. The highest BCUT2D eigenvalue weighted by Crippen LogP contribution is 2.30. The molecule has 3 heterocycles. The topological polar surface area (TPSA) is 102 Å². The molecular weight excluding hydrogens is 525 g/mol. The molecule has 1 unspecified atom stereocenters. The Kier molecular flexibility index (Phi) is 7.89. The largest absolute Gasteiger partial charge is 0.380 e. The van der Waals surface area contributed by atoms with Gasteiger partial charge >= 0.3 is 0 Å². The van der Waals surface area contributed by atoms with E-state index in [-0.39, 0.29) is 17.9 Å². The number of amides is 2. The lowest BCUT2D eigenvalue weighted by Crippen LogP contribution is -2.61. The summed E-state index contributed by atoms with van der Waals surface area (Å²) < 4.78 is 0. The van der Waals surface area contributed by atoms with Gasteiger partial charge in [0.25, 0.3) is 11.8 Å². The zero-order valence-electron chi connectivity index (χ0n) is 21.6. The lowest BCUT2D eigenvalue weighted by atomic mass is 9.92. The second-order valence-corrected chi connectivity index (χ2v) is 11.7. The molecule has 0 bridgehead atoms. The smallest absolute Gasteiger partial charge is 0.258 e. The minimum Gasteiger partial charge on any atom is -0.380 e. The predicted molar refractivity (Wildman–Crippen MR) is 150 cm³/mol. The van der Waals surface area contributed by atoms with Crippen molar-refractivity contribution in [3.05, 3.63) is 63.6 Å². The number of nitrogens with one attached hydrogen (secondary N) is 1. The van der Waals surface area contributed by atoms with Gasteiger partial charge in [-0.1, -0.05) is 35.3 Å². The van der Waals surface area contributed by atoms with Crippen molar-refractivity contribution >= 4 is 40.7 Å². The van der Waals surface area contributed by atoms with Gasteiger partial charge in [0.15, 0.2) is 5.60 Å². The Morgan fingerprint density at radius 3 is 2.34 bits per heavy atom. The van der Waals surface area contributed by atoms with Crippen LogP contribution in [-0.2, 0) is 10.4 Å². The van der Waals surface area contributed by atoms with Gasteiger partial charge in [0.05, 0.1) is 16.6 Å². The summed E-state index contributed by atoms with van der Waals surface area (Å²) in [5, 5.41) is 15.4. The molecule has 0 aliphatic carbocycles. The number of carbonyl (C=O) groups excluding carboxylic acids is 2. The number of nitrogens with two attached hydrogens (primary N) is 1. The SMILES string of the molecule is C[C@@](O)(C(=O)N1CCC(N2CC(Nc3ccc(C(=O)N4CCC(N)C4)c(Cl)c3)C2)CC1)c1cccc(Cl)c1. The van der Waals surface area contributed by atoms with E-state index in [4.69, 9.17) is 28.9 Å². The van der Waals surface area contributed by atoms with Crippen LogP contribution in [0.3, 0.4) is 0 Å². The van der Waals surface area contributed by atoms with E-state index in [1.165, 1.54) is 6.92 Å². The zero-order valence-corrected chi connectivity index (χ0v) is 23.1. The molecule has 0 radical (unpaired) electrons. The number of rotatable bonds is 6. The summed E-state index contributed by atoms with van der Waals surface area (Å²) in [7, 11) is 0. The van der Waals surface area contributed by atoms with E-state index < -0.39 is 5.60 Å². The average Bonchev–Trinajstić information content (AvgIpc) is 3.31. The van der Waals surface area contributed by atoms with Crippen LogP contribution in [0.25, 0.3) is 0 Å². The van der Waals surface area contributed by atoms with Gasteiger partial charge in [-0.2, -0.15) is 0 Å². The van der Waals surface area contributed by atoms with Crippen LogP contribution in [0.15, 0.2) is 42.5 Å². The Morgan fingerprint density at radius 2 is 1.71 bits per heavy atom. The maximum atomic E-state index is 13.1. The molecule has 10 heteroatoms. The number of likely N-dealkylation sites (tertiary alicyclic amines) is 3. The number of benzene rings is 2. The van der Waals surface area contributed by atoms with E-state index in [1.54, 1.807) is 40.1 Å². The molecule has 2 aromatic carbocycles. The molecule has 4 N–H and O–H groups in total. The highest BCUT2D eigenvalue weighted by Gasteiger charge is 2.40. The standard InChI is InChI=1S/C28H35Cl2N5O3/c1-28(38,18-3-2-4-19(29)13-18)27(37)33-11-8-23(9-12-33)35-16-22(17-35)32-21-5-6-24(25(30)14-21)26(36)34-10-7-20(31)15-34/h2-6,13-14,20,22-23,32,38H,7-12,15-17,31H2,1H3/t20?,28-/m0/s1. The summed E-state index contributed by atoms with van der Waals surface area (Å²) >= 11 is 12.5. The molecule has 2 aromatic rings. The minimum absolute atomic E-state index is 0.0386. The van der Waals surface area contributed by atoms with Crippen LogP contribution in [-0.4, -0.2) is 89.0 Å². The van der Waals surface area contributed by atoms with Gasteiger partial charge in [0.2, 0.25) is 0 Å². The Labute approximate surface area is 233 Å². The van der Waals surface area contributed by atoms with E-state index in [0.29, 0.717) is 59.4 Å². The summed E-state index contributed by atoms with van der Waals surface area (Å²) in [5.74, 6) is -0.351. The molecule has 3 aliphatic rings. The predicted octanol–water partition coefficient (Wildman–Crippen LogP) is 3.16. The normalized spacial score (nSPS) is 22.7. The van der Waals surface area contributed by atoms with Crippen LogP contribution in [0.4, 0.5) is 5.69 Å². The van der Waals surface area contributed by atoms with Gasteiger partial charge in [-0.3, -0.25) is 14.5 Å². The molecule has 0 saturated carbocycles. The lowest BCUT2D eigenvalue weighted by Gasteiger charge is -2.48. The Balaban J connectivity index is 1.09. The number of carbonyl (C=O) groups is 2. The van der Waals surface area contributed by atoms with Crippen molar-refractivity contribution in [3.63, 3.8) is 0 Å². The van der Waals surface area contributed by atoms with E-state index >= 15 is 0 Å². The van der Waals surface area contributed by atoms with Crippen molar-refractivity contribution in [1.82, 2.24) is 14.7 Å². The third kappa shape index (κ3) is 5.65. The van der Waals surface area contributed by atoms with Crippen molar-refractivity contribution in [2.24, 2.45) is 5.73 Å². The molecular formula is C28H35Cl2N5O3. The molecule has 3 saturated heterocycles. The van der Waals surface area contributed by atoms with E-state index in [0.717, 1.165) is 38.0 Å². The van der Waals surface area contributed by atoms with Crippen molar-refractivity contribution < 1.29 is 14.7 Å². The second-order valence-electron chi connectivity index (χ2n) is 10.9. The number of halogens is 2. The van der Waals surface area contributed by atoms with Crippen molar-refractivity contribution in [2.45, 2.75) is 49.9 Å². The maximum Gasteiger partial charge on any atom is 0.258 e. The van der Waals surface area contributed by atoms with Gasteiger partial charge in [-0.05, 0) is 62.1 Å². The molecule has 38 heavy (non-hydrogen) atoms. The van der Waals surface area contributed by atoms with E-state index in [9.17, 15) is 14.7 Å². The van der Waals surface area contributed by atoms with Crippen molar-refractivity contribution in [2.75, 3.05) is 44.6 Å². The molecule has 0 aromatic heterocycles. The van der Waals surface area contributed by atoms with Gasteiger partial charge in [0.1, 0.15) is 0 Å². The van der Waals surface area contributed by atoms with Gasteiger partial charge in [0, 0.05) is 62.1 Å². The number of hydrogen-bond donors (Lipinski definition) is 3. The number of piperidine rings is 1. The van der Waals surface area contributed by atoms with Gasteiger partial charge in [-0.25, -0.2) is 0 Å². The highest BCUT2D eigenvalue weighted by molar-refractivity contribution is 6.34. The molecule has 2 amide bonds. The van der Waals surface area contributed by atoms with Crippen LogP contribution in [0.2, 0.25) is 10.0 Å². The fourth-order valence-electron chi connectivity index (χ4n) is 5.71. The van der Waals surface area contributed by atoms with Crippen LogP contribution in [0.1, 0.15) is 42.1 Å². The highest BCUT2D eigenvalue weighted by atomic mass is 35.5. The number of nitrogens with zero attached hydrogens (tertiary/aromatic N) is 3. The van der Waals surface area contributed by atoms with Crippen LogP contribution in [0, 0.1) is 0 Å². The first-order chi connectivity index (χ1) is 18.1. The van der Waals surface area contributed by atoms with Gasteiger partial charge in [-0.15, -0.1) is 0 Å². The third-order valence-electron chi connectivity index (χ3n) is 8.06. The van der Waals surface area contributed by atoms with Crippen LogP contribution < -0.4 is 11.1 Å². The number of aliphatic hydroxyl groups is 1. The van der Waals surface area contributed by atoms with Crippen LogP contribution in [0.5, 0.6) is 0 Å². The molecule has 2 atom stereocenters. The molecule has 3 fully saturated rings. The third-order valence-corrected chi connectivity index (χ3v) is 8.61. The minimum atomic E-state index is -1.60. The second kappa shape index (κ2) is 11.0. The molecule has 0 spiro atoms. The monoisotopic (exact) mass is 559 g/mol. The zero-order chi connectivity index (χ0) is 27.0. The Hall–Kier alpha value is -2.36. The summed E-state index contributed by atoms with van der Waals surface area (Å²) in [6.07, 6.45) is 2.56. The molecule has 5 rings (SSSR count). The summed E-state index contributed by atoms with van der Waals surface area (Å²) in [6.45, 7) is 5.81. The molecule has 3 aliphatic heterocycles. The Morgan fingerprint density at radius 1 is 1.00 bits per heavy atom. The maximum absolute atomic E-state index is 13.1. The molecule has 204 valence electrons. The quantitative estimate of drug-likeness (QED) is 0.502. The first kappa shape index (κ1) is 27.2. The first-order valence-corrected chi connectivity index (χ1v) is 14.0. The number of hydrogen-bond acceptors (Lipinski definition) is 6. The fourth-order valence-corrected chi connectivity index (χ4v) is 6.17. The summed E-state index contributed by atoms with van der Waals surface area (Å²) in [6, 6.07) is 13.1. The first-order valence-electron chi connectivity index (χ1n) is 13.2. The van der Waals surface area contributed by atoms with E-state index in [1.807, 2.05) is 12.1 Å². The van der Waals surface area contributed by atoms with Crippen LogP contribution >= 0.6 is 23.2 Å². The lowest BCUT2D eigenvalue weighted by molar-refractivity contribution is -0.152. The summed E-state index contributed by atoms with van der Waals surface area (Å²) in [5.41, 5.74) is 6.25. The Bertz CT molecular complexity index is 1190.